The number of thioether (sulfide) groups is 1. The van der Waals surface area contributed by atoms with Crippen LogP contribution in [0.3, 0.4) is 0 Å². The van der Waals surface area contributed by atoms with Gasteiger partial charge in [-0.05, 0) is 0 Å². The van der Waals surface area contributed by atoms with Crippen molar-refractivity contribution in [2.75, 3.05) is 50.8 Å². The number of nitrogens with two attached hydrogens (primary N) is 1. The second-order valence-electron chi connectivity index (χ2n) is 3.39. The van der Waals surface area contributed by atoms with E-state index in [-0.39, 0.29) is 17.1 Å². The molecule has 0 saturated carbocycles. The zero-order chi connectivity index (χ0) is 13.4. The predicted molar refractivity (Wildman–Crippen MR) is 72.2 cm³/mol. The highest BCUT2D eigenvalue weighted by Crippen LogP contribution is 2.15. The Morgan fingerprint density at radius 1 is 1.39 bits per heavy atom. The Balaban J connectivity index is 2.68. The van der Waals surface area contributed by atoms with E-state index in [1.54, 1.807) is 14.2 Å². The number of ether oxygens (including phenoxy) is 2. The third kappa shape index (κ3) is 4.55. The van der Waals surface area contributed by atoms with E-state index in [0.717, 1.165) is 0 Å². The second kappa shape index (κ2) is 7.96. The summed E-state index contributed by atoms with van der Waals surface area (Å²) in [5, 5.41) is 3.38. The van der Waals surface area contributed by atoms with Crippen LogP contribution in [0.15, 0.2) is 9.95 Å². The molecule has 0 unspecified atom stereocenters. The van der Waals surface area contributed by atoms with E-state index in [9.17, 15) is 4.79 Å². The molecule has 0 aliphatic carbocycles. The number of hydrogen-bond acceptors (Lipinski definition) is 7. The molecule has 0 atom stereocenters. The highest BCUT2D eigenvalue weighted by atomic mass is 32.2. The number of nitrogens with one attached hydrogen (secondary N) is 2. The van der Waals surface area contributed by atoms with Crippen molar-refractivity contribution in [3.05, 3.63) is 10.4 Å². The normalized spacial score (nSPS) is 10.6. The standard InChI is InChI=1S/C10H18N4O3S/c1-16-4-3-12-7-8(11)13-10(14-9(7)15)18-6-5-17-2/h12H,3-6H2,1-2H3,(H3,11,13,14,15). The SMILES string of the molecule is COCCNc1c(N)nc(SCCOC)[nH]c1=O. The van der Waals surface area contributed by atoms with Crippen molar-refractivity contribution in [3.63, 3.8) is 0 Å². The molecule has 0 saturated heterocycles. The van der Waals surface area contributed by atoms with Gasteiger partial charge in [-0.15, -0.1) is 0 Å². The fourth-order valence-electron chi connectivity index (χ4n) is 1.21. The van der Waals surface area contributed by atoms with Crippen LogP contribution in [0.1, 0.15) is 0 Å². The number of H-pyrrole nitrogens is 1. The topological polar surface area (TPSA) is 102 Å². The summed E-state index contributed by atoms with van der Waals surface area (Å²) in [6, 6.07) is 0. The molecule has 0 aliphatic rings. The van der Waals surface area contributed by atoms with Gasteiger partial charge in [-0.25, -0.2) is 4.98 Å². The maximum atomic E-state index is 11.8. The maximum Gasteiger partial charge on any atom is 0.277 e. The quantitative estimate of drug-likeness (QED) is 0.352. The number of nitrogen functional groups attached to an aromatic ring is 1. The Bertz CT molecular complexity index is 424. The van der Waals surface area contributed by atoms with Crippen LogP contribution < -0.4 is 16.6 Å². The molecule has 1 heterocycles. The van der Waals surface area contributed by atoms with Crippen molar-refractivity contribution in [1.82, 2.24) is 9.97 Å². The molecule has 0 aromatic carbocycles. The molecule has 1 rings (SSSR count). The molecule has 1 aromatic heterocycles. The summed E-state index contributed by atoms with van der Waals surface area (Å²) in [7, 11) is 3.21. The monoisotopic (exact) mass is 274 g/mol. The summed E-state index contributed by atoms with van der Waals surface area (Å²) < 4.78 is 9.79. The Morgan fingerprint density at radius 3 is 2.72 bits per heavy atom. The predicted octanol–water partition coefficient (Wildman–Crippen LogP) is 0.149. The van der Waals surface area contributed by atoms with Gasteiger partial charge < -0.3 is 20.5 Å². The summed E-state index contributed by atoms with van der Waals surface area (Å²) in [4.78, 5) is 18.5. The lowest BCUT2D eigenvalue weighted by Crippen LogP contribution is -2.21. The van der Waals surface area contributed by atoms with E-state index in [4.69, 9.17) is 15.2 Å². The van der Waals surface area contributed by atoms with Gasteiger partial charge in [-0.1, -0.05) is 11.8 Å². The minimum Gasteiger partial charge on any atom is -0.384 e. The van der Waals surface area contributed by atoms with Crippen LogP contribution in [0.5, 0.6) is 0 Å². The molecule has 0 radical (unpaired) electrons. The number of methoxy groups -OCH3 is 2. The number of aromatic nitrogens is 2. The Hall–Kier alpha value is -1.25. The van der Waals surface area contributed by atoms with Crippen molar-refractivity contribution in [2.24, 2.45) is 0 Å². The average molecular weight is 274 g/mol. The summed E-state index contributed by atoms with van der Waals surface area (Å²) in [6.45, 7) is 1.58. The molecule has 7 nitrogen and oxygen atoms in total. The van der Waals surface area contributed by atoms with E-state index in [1.165, 1.54) is 11.8 Å². The molecule has 0 fully saturated rings. The number of rotatable bonds is 8. The van der Waals surface area contributed by atoms with Gasteiger partial charge in [0.15, 0.2) is 11.0 Å². The molecule has 8 heteroatoms. The average Bonchev–Trinajstić information content (AvgIpc) is 2.33. The zero-order valence-corrected chi connectivity index (χ0v) is 11.3. The Kier molecular flexibility index (Phi) is 6.55. The smallest absolute Gasteiger partial charge is 0.277 e. The third-order valence-corrected chi connectivity index (χ3v) is 2.90. The summed E-state index contributed by atoms with van der Waals surface area (Å²) >= 11 is 1.39. The van der Waals surface area contributed by atoms with Gasteiger partial charge in [0, 0.05) is 26.5 Å². The molecule has 18 heavy (non-hydrogen) atoms. The molecule has 0 aliphatic heterocycles. The first-order chi connectivity index (χ1) is 8.69. The van der Waals surface area contributed by atoms with Crippen molar-refractivity contribution < 1.29 is 9.47 Å². The van der Waals surface area contributed by atoms with Crippen LogP contribution in [0.4, 0.5) is 11.5 Å². The van der Waals surface area contributed by atoms with E-state index in [1.807, 2.05) is 0 Å². The number of hydrogen-bond donors (Lipinski definition) is 3. The molecule has 4 N–H and O–H groups in total. The number of aromatic amines is 1. The van der Waals surface area contributed by atoms with Gasteiger partial charge in [0.25, 0.3) is 5.56 Å². The first-order valence-electron chi connectivity index (χ1n) is 5.43. The lowest BCUT2D eigenvalue weighted by atomic mass is 10.4. The minimum absolute atomic E-state index is 0.190. The summed E-state index contributed by atoms with van der Waals surface area (Å²) in [6.07, 6.45) is 0. The molecule has 1 aromatic rings. The number of anilines is 2. The Labute approximate surface area is 109 Å². The first-order valence-corrected chi connectivity index (χ1v) is 6.42. The highest BCUT2D eigenvalue weighted by molar-refractivity contribution is 7.99. The van der Waals surface area contributed by atoms with Gasteiger partial charge in [0.05, 0.1) is 13.2 Å². The van der Waals surface area contributed by atoms with E-state index < -0.39 is 0 Å². The molecular weight excluding hydrogens is 256 g/mol. The lowest BCUT2D eigenvalue weighted by Gasteiger charge is -2.08. The fourth-order valence-corrected chi connectivity index (χ4v) is 1.98. The van der Waals surface area contributed by atoms with Crippen LogP contribution in [0.25, 0.3) is 0 Å². The molecule has 0 spiro atoms. The molecule has 102 valence electrons. The van der Waals surface area contributed by atoms with E-state index in [2.05, 4.69) is 15.3 Å². The van der Waals surface area contributed by atoms with E-state index in [0.29, 0.717) is 30.7 Å². The molecular formula is C10H18N4O3S. The van der Waals surface area contributed by atoms with Crippen LogP contribution >= 0.6 is 11.8 Å². The van der Waals surface area contributed by atoms with Gasteiger partial charge in [-0.2, -0.15) is 0 Å². The van der Waals surface area contributed by atoms with Gasteiger partial charge in [0.1, 0.15) is 5.69 Å². The van der Waals surface area contributed by atoms with Crippen LogP contribution in [0, 0.1) is 0 Å². The van der Waals surface area contributed by atoms with Crippen LogP contribution in [0.2, 0.25) is 0 Å². The van der Waals surface area contributed by atoms with Gasteiger partial charge >= 0.3 is 0 Å². The highest BCUT2D eigenvalue weighted by Gasteiger charge is 2.08. The van der Waals surface area contributed by atoms with E-state index >= 15 is 0 Å². The number of nitrogens with zero attached hydrogens (tertiary/aromatic N) is 1. The molecule has 0 amide bonds. The second-order valence-corrected chi connectivity index (χ2v) is 4.48. The first kappa shape index (κ1) is 14.8. The summed E-state index contributed by atoms with van der Waals surface area (Å²) in [5.74, 6) is 0.893. The fraction of sp³-hybridized carbons (Fsp3) is 0.600. The molecule has 0 bridgehead atoms. The van der Waals surface area contributed by atoms with Crippen LogP contribution in [-0.4, -0.2) is 49.7 Å². The third-order valence-electron chi connectivity index (χ3n) is 2.06. The zero-order valence-electron chi connectivity index (χ0n) is 10.5. The Morgan fingerprint density at radius 2 is 2.11 bits per heavy atom. The summed E-state index contributed by atoms with van der Waals surface area (Å²) in [5.41, 5.74) is 5.73. The van der Waals surface area contributed by atoms with Gasteiger partial charge in [0.2, 0.25) is 0 Å². The largest absolute Gasteiger partial charge is 0.384 e. The van der Waals surface area contributed by atoms with Crippen LogP contribution in [-0.2, 0) is 9.47 Å². The maximum absolute atomic E-state index is 11.8. The van der Waals surface area contributed by atoms with Crippen molar-refractivity contribution in [2.45, 2.75) is 5.16 Å². The van der Waals surface area contributed by atoms with Crippen molar-refractivity contribution in [3.8, 4) is 0 Å². The minimum atomic E-state index is -0.279. The van der Waals surface area contributed by atoms with Crippen molar-refractivity contribution >= 4 is 23.3 Å². The van der Waals surface area contributed by atoms with Gasteiger partial charge in [-0.3, -0.25) is 9.78 Å². The van der Waals surface area contributed by atoms with Crippen molar-refractivity contribution in [1.29, 1.82) is 0 Å². The lowest BCUT2D eigenvalue weighted by molar-refractivity contribution is 0.210.